The number of hydrogen-bond acceptors (Lipinski definition) is 2. The van der Waals surface area contributed by atoms with E-state index in [1.54, 1.807) is 0 Å². The lowest BCUT2D eigenvalue weighted by Crippen LogP contribution is -2.57. The molecule has 0 saturated carbocycles. The number of carbonyl (C=O) groups excluding carboxylic acids is 1. The fourth-order valence-electron chi connectivity index (χ4n) is 2.05. The van der Waals surface area contributed by atoms with Gasteiger partial charge in [-0.25, -0.2) is 0 Å². The summed E-state index contributed by atoms with van der Waals surface area (Å²) < 4.78 is 0. The predicted octanol–water partition coefficient (Wildman–Crippen LogP) is 0.504. The molecule has 0 aliphatic heterocycles. The lowest BCUT2D eigenvalue weighted by molar-refractivity contribution is -0.387. The van der Waals surface area contributed by atoms with Gasteiger partial charge in [0.25, 0.3) is 0 Å². The molecule has 3 nitrogen and oxygen atoms in total. The molecule has 2 aromatic carbocycles. The fraction of sp³-hybridized carbons (Fsp3) is 0.188. The predicted molar refractivity (Wildman–Crippen MR) is 71.8 cm³/mol. The molecule has 0 unspecified atom stereocenters. The average molecular weight is 255 g/mol. The standard InChI is InChI=1S/C16H17NO2/c17-11-15(16(18)19)10-12-6-8-14(9-7-12)13-4-2-1-3-5-13/h1-9,15H,10-11,17H2,(H,18,19)/t15-/m1/s1. The zero-order valence-corrected chi connectivity index (χ0v) is 10.7. The smallest absolute Gasteiger partial charge is 0.0824 e. The van der Waals surface area contributed by atoms with Gasteiger partial charge in [-0.05, 0) is 23.1 Å². The van der Waals surface area contributed by atoms with E-state index in [9.17, 15) is 9.90 Å². The molecule has 98 valence electrons. The molecule has 0 aromatic heterocycles. The maximum Gasteiger partial charge on any atom is 0.0824 e. The summed E-state index contributed by atoms with van der Waals surface area (Å²) in [5, 5.41) is 10.9. The van der Waals surface area contributed by atoms with Crippen LogP contribution in [0.2, 0.25) is 0 Å². The second-order valence-corrected chi connectivity index (χ2v) is 4.57. The van der Waals surface area contributed by atoms with Crippen molar-refractivity contribution >= 4 is 5.97 Å². The minimum Gasteiger partial charge on any atom is -0.550 e. The molecule has 0 radical (unpaired) electrons. The Bertz CT molecular complexity index is 534. The summed E-state index contributed by atoms with van der Waals surface area (Å²) >= 11 is 0. The number of hydrogen-bond donors (Lipinski definition) is 1. The van der Waals surface area contributed by atoms with Crippen LogP contribution in [0.4, 0.5) is 0 Å². The van der Waals surface area contributed by atoms with Gasteiger partial charge < -0.3 is 15.6 Å². The summed E-state index contributed by atoms with van der Waals surface area (Å²) in [5.41, 5.74) is 6.93. The first-order valence-corrected chi connectivity index (χ1v) is 6.35. The van der Waals surface area contributed by atoms with Crippen LogP contribution < -0.4 is 10.8 Å². The largest absolute Gasteiger partial charge is 0.550 e. The molecule has 0 amide bonds. The van der Waals surface area contributed by atoms with Crippen LogP contribution in [0.15, 0.2) is 54.6 Å². The van der Waals surface area contributed by atoms with Crippen molar-refractivity contribution in [2.75, 3.05) is 6.54 Å². The minimum absolute atomic E-state index is 0.350. The van der Waals surface area contributed by atoms with E-state index >= 15 is 0 Å². The summed E-state index contributed by atoms with van der Waals surface area (Å²) in [4.78, 5) is 10.9. The van der Waals surface area contributed by atoms with Gasteiger partial charge in [-0.15, -0.1) is 0 Å². The van der Waals surface area contributed by atoms with E-state index in [0.29, 0.717) is 13.0 Å². The molecular weight excluding hydrogens is 238 g/mol. The van der Waals surface area contributed by atoms with Gasteiger partial charge in [0.05, 0.1) is 18.4 Å². The average Bonchev–Trinajstić information content (AvgIpc) is 2.46. The summed E-state index contributed by atoms with van der Waals surface area (Å²) in [5.74, 6) is -1.54. The van der Waals surface area contributed by atoms with Gasteiger partial charge in [0, 0.05) is 0 Å². The highest BCUT2D eigenvalue weighted by Gasteiger charge is 2.10. The Kier molecular flexibility index (Phi) is 4.31. The monoisotopic (exact) mass is 255 g/mol. The highest BCUT2D eigenvalue weighted by molar-refractivity contribution is 5.68. The number of quaternary nitrogens is 1. The molecule has 0 saturated heterocycles. The Balaban J connectivity index is 2.13. The second kappa shape index (κ2) is 6.16. The van der Waals surface area contributed by atoms with Gasteiger partial charge in [-0.1, -0.05) is 54.6 Å². The molecule has 3 N–H and O–H groups in total. The quantitative estimate of drug-likeness (QED) is 0.845. The van der Waals surface area contributed by atoms with Crippen molar-refractivity contribution in [2.24, 2.45) is 5.92 Å². The third-order valence-electron chi connectivity index (χ3n) is 3.22. The second-order valence-electron chi connectivity index (χ2n) is 4.57. The number of benzene rings is 2. The van der Waals surface area contributed by atoms with Crippen molar-refractivity contribution in [2.45, 2.75) is 6.42 Å². The van der Waals surface area contributed by atoms with Gasteiger partial charge in [0.2, 0.25) is 0 Å². The Hall–Kier alpha value is -2.13. The Labute approximate surface area is 112 Å². The van der Waals surface area contributed by atoms with E-state index in [2.05, 4.69) is 17.9 Å². The van der Waals surface area contributed by atoms with Crippen molar-refractivity contribution < 1.29 is 15.6 Å². The van der Waals surface area contributed by atoms with E-state index < -0.39 is 11.9 Å². The highest BCUT2D eigenvalue weighted by atomic mass is 16.4. The van der Waals surface area contributed by atoms with Gasteiger partial charge in [-0.3, -0.25) is 0 Å². The number of rotatable bonds is 5. The minimum atomic E-state index is -1.03. The maximum absolute atomic E-state index is 10.9. The molecule has 0 spiro atoms. The summed E-state index contributed by atoms with van der Waals surface area (Å²) in [6.07, 6.45) is 0.473. The van der Waals surface area contributed by atoms with Crippen LogP contribution in [0.1, 0.15) is 5.56 Å². The molecule has 2 aromatic rings. The van der Waals surface area contributed by atoms with Crippen LogP contribution in [-0.4, -0.2) is 12.5 Å². The third-order valence-corrected chi connectivity index (χ3v) is 3.22. The Morgan fingerprint density at radius 1 is 1.00 bits per heavy atom. The fourth-order valence-corrected chi connectivity index (χ4v) is 2.05. The van der Waals surface area contributed by atoms with Crippen LogP contribution in [-0.2, 0) is 11.2 Å². The first kappa shape index (κ1) is 13.3. The van der Waals surface area contributed by atoms with E-state index in [1.807, 2.05) is 42.5 Å². The topological polar surface area (TPSA) is 67.8 Å². The van der Waals surface area contributed by atoms with Crippen LogP contribution in [0.3, 0.4) is 0 Å². The van der Waals surface area contributed by atoms with E-state index in [1.165, 1.54) is 0 Å². The zero-order chi connectivity index (χ0) is 13.7. The van der Waals surface area contributed by atoms with Crippen LogP contribution >= 0.6 is 0 Å². The van der Waals surface area contributed by atoms with Crippen molar-refractivity contribution in [1.29, 1.82) is 0 Å². The van der Waals surface area contributed by atoms with Crippen LogP contribution in [0, 0.1) is 5.92 Å². The molecule has 0 heterocycles. The maximum atomic E-state index is 10.9. The van der Waals surface area contributed by atoms with E-state index in [4.69, 9.17) is 0 Å². The number of aliphatic carboxylic acids is 1. The Morgan fingerprint density at radius 3 is 2.11 bits per heavy atom. The lowest BCUT2D eigenvalue weighted by atomic mass is 9.97. The van der Waals surface area contributed by atoms with Crippen LogP contribution in [0.5, 0.6) is 0 Å². The first-order chi connectivity index (χ1) is 9.20. The molecular formula is C16H17NO2. The molecule has 0 aliphatic carbocycles. The molecule has 1 atom stereocenters. The van der Waals surface area contributed by atoms with Crippen molar-refractivity contribution in [1.82, 2.24) is 0 Å². The van der Waals surface area contributed by atoms with Gasteiger partial charge in [-0.2, -0.15) is 0 Å². The molecule has 0 fully saturated rings. The van der Waals surface area contributed by atoms with Crippen LogP contribution in [0.25, 0.3) is 11.1 Å². The third kappa shape index (κ3) is 3.42. The first-order valence-electron chi connectivity index (χ1n) is 6.35. The number of carboxylic acids is 1. The normalized spacial score (nSPS) is 12.1. The summed E-state index contributed by atoms with van der Waals surface area (Å²) in [7, 11) is 0. The van der Waals surface area contributed by atoms with Crippen molar-refractivity contribution in [3.05, 3.63) is 60.2 Å². The molecule has 0 bridgehead atoms. The van der Waals surface area contributed by atoms with E-state index in [0.717, 1.165) is 16.7 Å². The number of carboxylic acid groups (broad SMARTS) is 1. The zero-order valence-electron chi connectivity index (χ0n) is 10.7. The number of carbonyl (C=O) groups is 1. The van der Waals surface area contributed by atoms with Gasteiger partial charge in [0.15, 0.2) is 0 Å². The lowest BCUT2D eigenvalue weighted by Gasteiger charge is -2.14. The SMILES string of the molecule is [NH3+]C[C@@H](Cc1ccc(-c2ccccc2)cc1)C(=O)[O-]. The highest BCUT2D eigenvalue weighted by Crippen LogP contribution is 2.20. The summed E-state index contributed by atoms with van der Waals surface area (Å²) in [6, 6.07) is 18.0. The molecule has 3 heteroatoms. The van der Waals surface area contributed by atoms with Gasteiger partial charge in [0.1, 0.15) is 0 Å². The van der Waals surface area contributed by atoms with Gasteiger partial charge >= 0.3 is 0 Å². The van der Waals surface area contributed by atoms with Crippen molar-refractivity contribution in [3.8, 4) is 11.1 Å². The molecule has 19 heavy (non-hydrogen) atoms. The summed E-state index contributed by atoms with van der Waals surface area (Å²) in [6.45, 7) is 0.350. The molecule has 2 rings (SSSR count). The van der Waals surface area contributed by atoms with E-state index in [-0.39, 0.29) is 0 Å². The van der Waals surface area contributed by atoms with Crippen molar-refractivity contribution in [3.63, 3.8) is 0 Å². The molecule has 0 aliphatic rings. The Morgan fingerprint density at radius 2 is 1.58 bits per heavy atom.